The van der Waals surface area contributed by atoms with Gasteiger partial charge in [-0.3, -0.25) is 4.79 Å². The Bertz CT molecular complexity index is 772. The van der Waals surface area contributed by atoms with Crippen LogP contribution in [0.4, 0.5) is 4.79 Å². The predicted octanol–water partition coefficient (Wildman–Crippen LogP) is 2.49. The Morgan fingerprint density at radius 2 is 1.84 bits per heavy atom. The van der Waals surface area contributed by atoms with Crippen LogP contribution in [-0.4, -0.2) is 47.0 Å². The molecule has 4 rings (SSSR count). The molecule has 7 heteroatoms. The van der Waals surface area contributed by atoms with Gasteiger partial charge in [-0.2, -0.15) is 0 Å². The minimum Gasteiger partial charge on any atom is -0.335 e. The lowest BCUT2D eigenvalue weighted by Gasteiger charge is -2.17. The van der Waals surface area contributed by atoms with Crippen molar-refractivity contribution >= 4 is 23.3 Å². The largest absolute Gasteiger partial charge is 0.335 e. The number of hydrogen-bond acceptors (Lipinski definition) is 4. The molecule has 0 bridgehead atoms. The zero-order valence-corrected chi connectivity index (χ0v) is 14.6. The molecule has 1 aromatic heterocycles. The average Bonchev–Trinajstić information content (AvgIpc) is 3.12. The van der Waals surface area contributed by atoms with Crippen molar-refractivity contribution in [3.63, 3.8) is 0 Å². The van der Waals surface area contributed by atoms with Gasteiger partial charge in [0.1, 0.15) is 5.69 Å². The third-order valence-corrected chi connectivity index (χ3v) is 5.40. The third-order valence-electron chi connectivity index (χ3n) is 4.53. The molecule has 2 heterocycles. The van der Waals surface area contributed by atoms with E-state index in [-0.39, 0.29) is 18.0 Å². The molecule has 2 fully saturated rings. The molecule has 6 nitrogen and oxygen atoms in total. The van der Waals surface area contributed by atoms with Gasteiger partial charge in [0.2, 0.25) is 0 Å². The van der Waals surface area contributed by atoms with Gasteiger partial charge in [0, 0.05) is 25.2 Å². The van der Waals surface area contributed by atoms with E-state index in [1.54, 1.807) is 10.4 Å². The van der Waals surface area contributed by atoms with Crippen LogP contribution in [0, 0.1) is 0 Å². The molecule has 2 aliphatic rings. The quantitative estimate of drug-likeness (QED) is 0.884. The molecule has 1 unspecified atom stereocenters. The Kier molecular flexibility index (Phi) is 4.40. The van der Waals surface area contributed by atoms with E-state index in [9.17, 15) is 9.59 Å². The number of hydrogen-bond donors (Lipinski definition) is 2. The first kappa shape index (κ1) is 16.1. The van der Waals surface area contributed by atoms with Crippen molar-refractivity contribution in [2.45, 2.75) is 31.3 Å². The Hall–Kier alpha value is -2.41. The Morgan fingerprint density at radius 1 is 1.08 bits per heavy atom. The molecule has 1 aliphatic heterocycles. The van der Waals surface area contributed by atoms with Crippen LogP contribution < -0.4 is 10.6 Å². The van der Waals surface area contributed by atoms with Gasteiger partial charge in [0.05, 0.1) is 10.4 Å². The summed E-state index contributed by atoms with van der Waals surface area (Å²) in [6.45, 7) is 1.17. The van der Waals surface area contributed by atoms with Crippen LogP contribution in [0.25, 0.3) is 10.4 Å². The lowest BCUT2D eigenvalue weighted by molar-refractivity contribution is 0.0785. The molecule has 1 atom stereocenters. The summed E-state index contributed by atoms with van der Waals surface area (Å²) in [6, 6.07) is 10.1. The molecule has 3 amide bonds. The van der Waals surface area contributed by atoms with Crippen LogP contribution >= 0.6 is 11.3 Å². The number of benzene rings is 1. The van der Waals surface area contributed by atoms with Crippen LogP contribution in [0.1, 0.15) is 29.8 Å². The second kappa shape index (κ2) is 6.84. The number of nitrogens with one attached hydrogen (secondary N) is 2. The van der Waals surface area contributed by atoms with Gasteiger partial charge in [-0.25, -0.2) is 9.78 Å². The van der Waals surface area contributed by atoms with E-state index in [2.05, 4.69) is 15.6 Å². The predicted molar refractivity (Wildman–Crippen MR) is 96.5 cm³/mol. The van der Waals surface area contributed by atoms with Crippen LogP contribution in [-0.2, 0) is 0 Å². The van der Waals surface area contributed by atoms with Crippen LogP contribution in [0.15, 0.2) is 35.8 Å². The van der Waals surface area contributed by atoms with E-state index in [0.29, 0.717) is 24.8 Å². The highest BCUT2D eigenvalue weighted by Crippen LogP contribution is 2.29. The summed E-state index contributed by atoms with van der Waals surface area (Å²) in [5, 5.41) is 5.88. The van der Waals surface area contributed by atoms with Gasteiger partial charge in [0.15, 0.2) is 0 Å². The van der Waals surface area contributed by atoms with Crippen molar-refractivity contribution in [1.82, 2.24) is 20.5 Å². The molecule has 1 aliphatic carbocycles. The van der Waals surface area contributed by atoms with Crippen molar-refractivity contribution in [2.75, 3.05) is 13.1 Å². The number of carbonyl (C=O) groups is 2. The molecule has 130 valence electrons. The number of aromatic nitrogens is 1. The Labute approximate surface area is 150 Å². The third kappa shape index (κ3) is 3.66. The van der Waals surface area contributed by atoms with Gasteiger partial charge < -0.3 is 15.5 Å². The Balaban J connectivity index is 1.40. The summed E-state index contributed by atoms with van der Waals surface area (Å²) in [6.07, 6.45) is 2.90. The molecular formula is C18H20N4O2S. The highest BCUT2D eigenvalue weighted by Gasteiger charge is 2.31. The van der Waals surface area contributed by atoms with Gasteiger partial charge in [-0.15, -0.1) is 11.3 Å². The summed E-state index contributed by atoms with van der Waals surface area (Å²) in [4.78, 5) is 31.7. The number of nitrogens with zero attached hydrogens (tertiary/aromatic N) is 2. The number of amides is 3. The smallest absolute Gasteiger partial charge is 0.315 e. The van der Waals surface area contributed by atoms with Gasteiger partial charge in [-0.05, 0) is 24.8 Å². The molecule has 25 heavy (non-hydrogen) atoms. The summed E-state index contributed by atoms with van der Waals surface area (Å²) in [5.74, 6) is -0.0630. The summed E-state index contributed by atoms with van der Waals surface area (Å²) >= 11 is 1.48. The zero-order chi connectivity index (χ0) is 17.2. The van der Waals surface area contributed by atoms with E-state index in [0.717, 1.165) is 29.7 Å². The average molecular weight is 356 g/mol. The van der Waals surface area contributed by atoms with Crippen LogP contribution in [0.5, 0.6) is 0 Å². The molecular weight excluding hydrogens is 336 g/mol. The maximum Gasteiger partial charge on any atom is 0.315 e. The fourth-order valence-electron chi connectivity index (χ4n) is 3.05. The summed E-state index contributed by atoms with van der Waals surface area (Å²) in [7, 11) is 0. The second-order valence-electron chi connectivity index (χ2n) is 6.52. The molecule has 2 aromatic rings. The molecule has 0 spiro atoms. The van der Waals surface area contributed by atoms with Gasteiger partial charge in [-0.1, -0.05) is 30.3 Å². The van der Waals surface area contributed by atoms with Crippen molar-refractivity contribution < 1.29 is 9.59 Å². The highest BCUT2D eigenvalue weighted by atomic mass is 32.1. The van der Waals surface area contributed by atoms with Crippen molar-refractivity contribution in [3.05, 3.63) is 41.5 Å². The maximum atomic E-state index is 12.9. The van der Waals surface area contributed by atoms with Crippen LogP contribution in [0.2, 0.25) is 0 Å². The topological polar surface area (TPSA) is 74.3 Å². The number of rotatable bonds is 4. The summed E-state index contributed by atoms with van der Waals surface area (Å²) in [5.41, 5.74) is 3.22. The zero-order valence-electron chi connectivity index (χ0n) is 13.8. The monoisotopic (exact) mass is 356 g/mol. The standard InChI is InChI=1S/C18H20N4O2S/c23-17(15-16(25-11-19-15)12-4-2-1-3-5-12)22-9-8-14(10-22)21-18(24)20-13-6-7-13/h1-5,11,13-14H,6-10H2,(H2,20,21,24). The SMILES string of the molecule is O=C(NC1CC1)NC1CCN(C(=O)c2ncsc2-c2ccccc2)C1. The lowest BCUT2D eigenvalue weighted by Crippen LogP contribution is -2.44. The number of thiazole rings is 1. The Morgan fingerprint density at radius 3 is 2.60 bits per heavy atom. The lowest BCUT2D eigenvalue weighted by atomic mass is 10.1. The number of urea groups is 1. The first-order chi connectivity index (χ1) is 12.2. The van der Waals surface area contributed by atoms with Crippen molar-refractivity contribution in [2.24, 2.45) is 0 Å². The van der Waals surface area contributed by atoms with Gasteiger partial charge in [0.25, 0.3) is 5.91 Å². The number of carbonyl (C=O) groups excluding carboxylic acids is 2. The molecule has 2 N–H and O–H groups in total. The minimum atomic E-state index is -0.125. The maximum absolute atomic E-state index is 12.9. The number of likely N-dealkylation sites (tertiary alicyclic amines) is 1. The molecule has 0 radical (unpaired) electrons. The normalized spacial score (nSPS) is 19.7. The molecule has 1 aromatic carbocycles. The minimum absolute atomic E-state index is 0.00140. The van der Waals surface area contributed by atoms with E-state index in [1.165, 1.54) is 11.3 Å². The summed E-state index contributed by atoms with van der Waals surface area (Å²) < 4.78 is 0. The molecule has 1 saturated heterocycles. The first-order valence-electron chi connectivity index (χ1n) is 8.56. The van der Waals surface area contributed by atoms with E-state index in [4.69, 9.17) is 0 Å². The molecule has 1 saturated carbocycles. The highest BCUT2D eigenvalue weighted by molar-refractivity contribution is 7.13. The fraction of sp³-hybridized carbons (Fsp3) is 0.389. The second-order valence-corrected chi connectivity index (χ2v) is 7.38. The van der Waals surface area contributed by atoms with E-state index in [1.807, 2.05) is 30.3 Å². The van der Waals surface area contributed by atoms with Crippen molar-refractivity contribution in [3.8, 4) is 10.4 Å². The fourth-order valence-corrected chi connectivity index (χ4v) is 3.83. The van der Waals surface area contributed by atoms with Gasteiger partial charge >= 0.3 is 6.03 Å². The van der Waals surface area contributed by atoms with Crippen molar-refractivity contribution in [1.29, 1.82) is 0 Å². The first-order valence-corrected chi connectivity index (χ1v) is 9.44. The van der Waals surface area contributed by atoms with E-state index >= 15 is 0 Å². The van der Waals surface area contributed by atoms with E-state index < -0.39 is 0 Å². The van der Waals surface area contributed by atoms with Crippen LogP contribution in [0.3, 0.4) is 0 Å².